The lowest BCUT2D eigenvalue weighted by atomic mass is 9.95. The number of amides is 2. The van der Waals surface area contributed by atoms with E-state index in [2.05, 4.69) is 13.8 Å². The fourth-order valence-corrected chi connectivity index (χ4v) is 3.18. The smallest absolute Gasteiger partial charge is 0.410 e. The van der Waals surface area contributed by atoms with Gasteiger partial charge >= 0.3 is 12.2 Å². The quantitative estimate of drug-likeness (QED) is 0.613. The van der Waals surface area contributed by atoms with Crippen molar-refractivity contribution in [1.29, 1.82) is 0 Å². The summed E-state index contributed by atoms with van der Waals surface area (Å²) in [4.78, 5) is 26.8. The Morgan fingerprint density at radius 2 is 1.03 bits per heavy atom. The topological polar surface area (TPSA) is 111 Å². The van der Waals surface area contributed by atoms with E-state index in [-0.39, 0.29) is 24.3 Å². The van der Waals surface area contributed by atoms with Crippen LogP contribution in [0.15, 0.2) is 0 Å². The van der Waals surface area contributed by atoms with Gasteiger partial charge in [0.15, 0.2) is 0 Å². The van der Waals surface area contributed by atoms with E-state index in [1.54, 1.807) is 9.80 Å². The lowest BCUT2D eigenvalue weighted by Crippen LogP contribution is -2.50. The van der Waals surface area contributed by atoms with E-state index >= 15 is 0 Å². The van der Waals surface area contributed by atoms with E-state index in [0.717, 1.165) is 25.9 Å². The second kappa shape index (κ2) is 10.7. The molecule has 0 spiro atoms. The average Bonchev–Trinajstić information content (AvgIpc) is 2.57. The third-order valence-electron chi connectivity index (χ3n) is 5.34. The van der Waals surface area contributed by atoms with Crippen molar-refractivity contribution < 1.29 is 19.1 Å². The largest absolute Gasteiger partial charge is 0.444 e. The summed E-state index contributed by atoms with van der Waals surface area (Å²) in [5.41, 5.74) is 11.0. The predicted octanol–water partition coefficient (Wildman–Crippen LogP) is 3.18. The molecular formula is C22H44N4O4. The Morgan fingerprint density at radius 3 is 1.27 bits per heavy atom. The van der Waals surface area contributed by atoms with Gasteiger partial charge in [-0.2, -0.15) is 0 Å². The molecule has 0 saturated carbocycles. The minimum absolute atomic E-state index is 0.0752. The molecule has 0 aromatic rings. The Balaban J connectivity index is 0.000000300. The van der Waals surface area contributed by atoms with Crippen LogP contribution in [-0.4, -0.2) is 71.5 Å². The van der Waals surface area contributed by atoms with Crippen LogP contribution in [0.1, 0.15) is 68.2 Å². The summed E-state index contributed by atoms with van der Waals surface area (Å²) in [5, 5.41) is 0. The maximum atomic E-state index is 11.7. The summed E-state index contributed by atoms with van der Waals surface area (Å²) in [6.07, 6.45) is 1.43. The Labute approximate surface area is 182 Å². The number of ether oxygens (including phenoxy) is 2. The first kappa shape index (κ1) is 26.5. The van der Waals surface area contributed by atoms with Crippen LogP contribution in [0.5, 0.6) is 0 Å². The van der Waals surface area contributed by atoms with Gasteiger partial charge in [-0.15, -0.1) is 0 Å². The number of hydrogen-bond acceptors (Lipinski definition) is 6. The molecule has 0 unspecified atom stereocenters. The Kier molecular flexibility index (Phi) is 9.42. The standard InChI is InChI=1S/2C11H22N2O2/c2*1-8-5-6-13(7-9(8)12)10(14)15-11(2,3)4/h2*8-9H,5-7,12H2,1-4H3/t2*8-,9+/m10/s1. The van der Waals surface area contributed by atoms with Crippen molar-refractivity contribution in [2.45, 2.75) is 91.5 Å². The van der Waals surface area contributed by atoms with Crippen molar-refractivity contribution in [3.8, 4) is 0 Å². The van der Waals surface area contributed by atoms with Crippen LogP contribution in [0.4, 0.5) is 9.59 Å². The lowest BCUT2D eigenvalue weighted by molar-refractivity contribution is 0.0157. The van der Waals surface area contributed by atoms with Crippen LogP contribution in [-0.2, 0) is 9.47 Å². The number of nitrogens with two attached hydrogens (primary N) is 2. The molecule has 4 N–H and O–H groups in total. The van der Waals surface area contributed by atoms with Crippen molar-refractivity contribution >= 4 is 12.2 Å². The summed E-state index contributed by atoms with van der Waals surface area (Å²) in [6.45, 7) is 18.2. The van der Waals surface area contributed by atoms with Crippen molar-refractivity contribution in [2.75, 3.05) is 26.2 Å². The number of carbonyl (C=O) groups excluding carboxylic acids is 2. The van der Waals surface area contributed by atoms with Gasteiger partial charge in [0.2, 0.25) is 0 Å². The highest BCUT2D eigenvalue weighted by atomic mass is 16.6. The third-order valence-corrected chi connectivity index (χ3v) is 5.34. The molecule has 2 aliphatic heterocycles. The summed E-state index contributed by atoms with van der Waals surface area (Å²) >= 11 is 0. The molecule has 8 heteroatoms. The van der Waals surface area contributed by atoms with Crippen LogP contribution < -0.4 is 11.5 Å². The molecule has 176 valence electrons. The number of rotatable bonds is 0. The van der Waals surface area contributed by atoms with E-state index in [9.17, 15) is 9.59 Å². The van der Waals surface area contributed by atoms with Crippen molar-refractivity contribution in [3.05, 3.63) is 0 Å². The molecule has 8 nitrogen and oxygen atoms in total. The summed E-state index contributed by atoms with van der Waals surface area (Å²) in [7, 11) is 0. The van der Waals surface area contributed by atoms with Gasteiger partial charge in [0.1, 0.15) is 11.2 Å². The first-order chi connectivity index (χ1) is 13.6. The van der Waals surface area contributed by atoms with Gasteiger partial charge in [-0.05, 0) is 66.2 Å². The number of hydrogen-bond donors (Lipinski definition) is 2. The van der Waals surface area contributed by atoms with Gasteiger partial charge in [0, 0.05) is 38.3 Å². The highest BCUT2D eigenvalue weighted by Crippen LogP contribution is 2.19. The molecule has 2 heterocycles. The van der Waals surface area contributed by atoms with E-state index in [1.807, 2.05) is 41.5 Å². The summed E-state index contributed by atoms with van der Waals surface area (Å²) in [5.74, 6) is 0.979. The zero-order valence-electron chi connectivity index (χ0n) is 20.2. The molecule has 2 rings (SSSR count). The fraction of sp³-hybridized carbons (Fsp3) is 0.909. The highest BCUT2D eigenvalue weighted by Gasteiger charge is 2.30. The molecule has 4 atom stereocenters. The van der Waals surface area contributed by atoms with E-state index in [0.29, 0.717) is 24.9 Å². The Bertz CT molecular complexity index is 520. The molecule has 0 aliphatic carbocycles. The fourth-order valence-electron chi connectivity index (χ4n) is 3.18. The molecule has 2 aliphatic rings. The molecule has 2 amide bonds. The molecule has 2 fully saturated rings. The zero-order chi connectivity index (χ0) is 23.3. The van der Waals surface area contributed by atoms with Crippen LogP contribution >= 0.6 is 0 Å². The van der Waals surface area contributed by atoms with Crippen LogP contribution in [0.3, 0.4) is 0 Å². The predicted molar refractivity (Wildman–Crippen MR) is 119 cm³/mol. The third kappa shape index (κ3) is 9.51. The van der Waals surface area contributed by atoms with E-state index in [4.69, 9.17) is 20.9 Å². The Morgan fingerprint density at radius 1 is 0.733 bits per heavy atom. The van der Waals surface area contributed by atoms with Crippen LogP contribution in [0.25, 0.3) is 0 Å². The lowest BCUT2D eigenvalue weighted by Gasteiger charge is -2.35. The molecule has 0 bridgehead atoms. The molecule has 0 radical (unpaired) electrons. The number of likely N-dealkylation sites (tertiary alicyclic amines) is 2. The van der Waals surface area contributed by atoms with Gasteiger partial charge < -0.3 is 30.7 Å². The zero-order valence-corrected chi connectivity index (χ0v) is 20.2. The van der Waals surface area contributed by atoms with Crippen LogP contribution in [0.2, 0.25) is 0 Å². The van der Waals surface area contributed by atoms with E-state index in [1.165, 1.54) is 0 Å². The van der Waals surface area contributed by atoms with E-state index < -0.39 is 11.2 Å². The SMILES string of the molecule is C[C@@H]1CCN(C(=O)OC(C)(C)C)C[C@@H]1N.C[C@H]1CCN(C(=O)OC(C)(C)C)C[C@H]1N. The van der Waals surface area contributed by atoms with Gasteiger partial charge in [0.05, 0.1) is 0 Å². The highest BCUT2D eigenvalue weighted by molar-refractivity contribution is 5.68. The van der Waals surface area contributed by atoms with Crippen LogP contribution in [0, 0.1) is 11.8 Å². The second-order valence-electron chi connectivity index (χ2n) is 10.7. The monoisotopic (exact) mass is 428 g/mol. The molecule has 0 aromatic carbocycles. The van der Waals surface area contributed by atoms with Gasteiger partial charge in [-0.3, -0.25) is 0 Å². The van der Waals surface area contributed by atoms with Crippen molar-refractivity contribution in [1.82, 2.24) is 9.80 Å². The maximum absolute atomic E-state index is 11.7. The minimum atomic E-state index is -0.426. The minimum Gasteiger partial charge on any atom is -0.444 e. The number of nitrogens with zero attached hydrogens (tertiary/aromatic N) is 2. The maximum Gasteiger partial charge on any atom is 0.410 e. The summed E-state index contributed by atoms with van der Waals surface area (Å²) in [6, 6.07) is 0.150. The Hall–Kier alpha value is -1.54. The first-order valence-corrected chi connectivity index (χ1v) is 11.1. The molecule has 30 heavy (non-hydrogen) atoms. The molecule has 2 saturated heterocycles. The van der Waals surface area contributed by atoms with Crippen molar-refractivity contribution in [2.24, 2.45) is 23.3 Å². The molecule has 0 aromatic heterocycles. The average molecular weight is 429 g/mol. The van der Waals surface area contributed by atoms with Gasteiger partial charge in [-0.25, -0.2) is 9.59 Å². The second-order valence-corrected chi connectivity index (χ2v) is 10.7. The normalized spacial score (nSPS) is 27.7. The van der Waals surface area contributed by atoms with Gasteiger partial charge in [-0.1, -0.05) is 13.8 Å². The first-order valence-electron chi connectivity index (χ1n) is 11.1. The number of piperidine rings is 2. The number of carbonyl (C=O) groups is 2. The summed E-state index contributed by atoms with van der Waals surface area (Å²) < 4.78 is 10.6. The molecular weight excluding hydrogens is 384 g/mol. The van der Waals surface area contributed by atoms with Crippen molar-refractivity contribution in [3.63, 3.8) is 0 Å². The van der Waals surface area contributed by atoms with Gasteiger partial charge in [0.25, 0.3) is 0 Å².